The molecule has 1 fully saturated rings. The normalized spacial score (nSPS) is 21.6. The second-order valence-corrected chi connectivity index (χ2v) is 5.51. The zero-order valence-electron chi connectivity index (χ0n) is 10.6. The maximum absolute atomic E-state index is 11.4. The van der Waals surface area contributed by atoms with E-state index in [9.17, 15) is 4.79 Å². The zero-order valence-corrected chi connectivity index (χ0v) is 10.6. The topological polar surface area (TPSA) is 50.4 Å². The van der Waals surface area contributed by atoms with E-state index in [4.69, 9.17) is 4.74 Å². The van der Waals surface area contributed by atoms with Crippen molar-refractivity contribution in [2.45, 2.75) is 45.6 Å². The van der Waals surface area contributed by atoms with Crippen LogP contribution in [0.2, 0.25) is 0 Å². The van der Waals surface area contributed by atoms with E-state index < -0.39 is 0 Å². The largest absolute Gasteiger partial charge is 0.450 e. The first kappa shape index (κ1) is 13.3. The first-order valence-electron chi connectivity index (χ1n) is 6.13. The molecule has 1 aliphatic heterocycles. The molecule has 0 aromatic carbocycles. The average Bonchev–Trinajstić information content (AvgIpc) is 2.16. The smallest absolute Gasteiger partial charge is 0.407 e. The molecule has 0 spiro atoms. The summed E-state index contributed by atoms with van der Waals surface area (Å²) in [6.45, 7) is 8.54. The third-order valence-corrected chi connectivity index (χ3v) is 2.64. The number of nitrogens with one attached hydrogen (secondary N) is 2. The van der Waals surface area contributed by atoms with Gasteiger partial charge in [-0.05, 0) is 59.0 Å². The molecule has 1 atom stereocenters. The van der Waals surface area contributed by atoms with Gasteiger partial charge in [0.15, 0.2) is 0 Å². The first-order valence-corrected chi connectivity index (χ1v) is 6.13. The van der Waals surface area contributed by atoms with Gasteiger partial charge in [-0.3, -0.25) is 0 Å². The summed E-state index contributed by atoms with van der Waals surface area (Å²) in [5.74, 6) is 0.663. The molecule has 16 heavy (non-hydrogen) atoms. The molecule has 1 aliphatic rings. The monoisotopic (exact) mass is 228 g/mol. The summed E-state index contributed by atoms with van der Waals surface area (Å²) >= 11 is 0. The number of hydrogen-bond acceptors (Lipinski definition) is 3. The van der Waals surface area contributed by atoms with Crippen molar-refractivity contribution in [1.82, 2.24) is 10.6 Å². The number of rotatable bonds is 3. The van der Waals surface area contributed by atoms with E-state index in [0.29, 0.717) is 12.5 Å². The molecule has 0 aromatic heterocycles. The molecule has 4 heteroatoms. The number of alkyl carbamates (subject to hydrolysis) is 1. The van der Waals surface area contributed by atoms with Crippen molar-refractivity contribution < 1.29 is 9.53 Å². The van der Waals surface area contributed by atoms with Crippen molar-refractivity contribution >= 4 is 6.09 Å². The Kier molecular flexibility index (Phi) is 5.06. The molecule has 0 bridgehead atoms. The lowest BCUT2D eigenvalue weighted by atomic mass is 9.97. The van der Waals surface area contributed by atoms with E-state index in [2.05, 4.69) is 10.6 Å². The lowest BCUT2D eigenvalue weighted by Crippen LogP contribution is -2.41. The molecule has 94 valence electrons. The molecule has 1 unspecified atom stereocenters. The van der Waals surface area contributed by atoms with Gasteiger partial charge in [0.1, 0.15) is 0 Å². The van der Waals surface area contributed by atoms with Crippen LogP contribution in [-0.2, 0) is 4.74 Å². The Morgan fingerprint density at radius 3 is 2.81 bits per heavy atom. The average molecular weight is 228 g/mol. The lowest BCUT2D eigenvalue weighted by Gasteiger charge is -2.23. The summed E-state index contributed by atoms with van der Waals surface area (Å²) in [5, 5.41) is 6.14. The Morgan fingerprint density at radius 1 is 1.50 bits per heavy atom. The number of ether oxygens (including phenoxy) is 1. The van der Waals surface area contributed by atoms with Crippen LogP contribution in [0, 0.1) is 5.92 Å². The highest BCUT2D eigenvalue weighted by Gasteiger charge is 2.16. The Balaban J connectivity index is 2.08. The van der Waals surface area contributed by atoms with E-state index in [1.807, 2.05) is 20.8 Å². The molecule has 4 nitrogen and oxygen atoms in total. The number of carbonyl (C=O) groups excluding carboxylic acids is 1. The van der Waals surface area contributed by atoms with E-state index in [1.165, 1.54) is 12.8 Å². The summed E-state index contributed by atoms with van der Waals surface area (Å²) in [4.78, 5) is 11.4. The van der Waals surface area contributed by atoms with Crippen LogP contribution in [0.15, 0.2) is 0 Å². The maximum Gasteiger partial charge on any atom is 0.407 e. The van der Waals surface area contributed by atoms with Gasteiger partial charge in [0.2, 0.25) is 0 Å². The van der Waals surface area contributed by atoms with E-state index in [0.717, 1.165) is 19.5 Å². The fourth-order valence-corrected chi connectivity index (χ4v) is 1.83. The Morgan fingerprint density at radius 2 is 2.25 bits per heavy atom. The van der Waals surface area contributed by atoms with Crippen molar-refractivity contribution in [2.75, 3.05) is 19.7 Å². The summed E-state index contributed by atoms with van der Waals surface area (Å²) in [5.41, 5.74) is -0.219. The van der Waals surface area contributed by atoms with Crippen molar-refractivity contribution in [3.05, 3.63) is 0 Å². The van der Waals surface area contributed by atoms with Gasteiger partial charge in [0.05, 0.1) is 6.61 Å². The minimum absolute atomic E-state index is 0.219. The number of amides is 1. The lowest BCUT2D eigenvalue weighted by molar-refractivity contribution is 0.128. The molecule has 1 saturated heterocycles. The molecule has 1 amide bonds. The van der Waals surface area contributed by atoms with Gasteiger partial charge in [0, 0.05) is 5.54 Å². The van der Waals surface area contributed by atoms with Gasteiger partial charge in [-0.2, -0.15) is 0 Å². The molecule has 0 radical (unpaired) electrons. The second kappa shape index (κ2) is 6.09. The fraction of sp³-hybridized carbons (Fsp3) is 0.917. The minimum atomic E-state index is -0.309. The Hall–Kier alpha value is -0.770. The quantitative estimate of drug-likeness (QED) is 0.775. The summed E-state index contributed by atoms with van der Waals surface area (Å²) in [7, 11) is 0. The summed E-state index contributed by atoms with van der Waals surface area (Å²) < 4.78 is 5.14. The zero-order chi connectivity index (χ0) is 12.0. The predicted octanol–water partition coefficient (Wildman–Crippen LogP) is 1.90. The summed E-state index contributed by atoms with van der Waals surface area (Å²) in [6.07, 6.45) is 3.14. The van der Waals surface area contributed by atoms with Crippen LogP contribution in [0.5, 0.6) is 0 Å². The highest BCUT2D eigenvalue weighted by Crippen LogP contribution is 2.13. The predicted molar refractivity (Wildman–Crippen MR) is 64.4 cm³/mol. The maximum atomic E-state index is 11.4. The minimum Gasteiger partial charge on any atom is -0.450 e. The van der Waals surface area contributed by atoms with Gasteiger partial charge in [0.25, 0.3) is 0 Å². The Labute approximate surface area is 98.1 Å². The van der Waals surface area contributed by atoms with Gasteiger partial charge in [-0.15, -0.1) is 0 Å². The number of hydrogen-bond donors (Lipinski definition) is 2. The Bertz CT molecular complexity index is 218. The van der Waals surface area contributed by atoms with Crippen LogP contribution >= 0.6 is 0 Å². The second-order valence-electron chi connectivity index (χ2n) is 5.51. The van der Waals surface area contributed by atoms with Crippen molar-refractivity contribution in [3.8, 4) is 0 Å². The van der Waals surface area contributed by atoms with E-state index in [-0.39, 0.29) is 11.6 Å². The van der Waals surface area contributed by atoms with E-state index >= 15 is 0 Å². The molecule has 0 aliphatic carbocycles. The van der Waals surface area contributed by atoms with Crippen molar-refractivity contribution in [2.24, 2.45) is 5.92 Å². The van der Waals surface area contributed by atoms with Crippen LogP contribution in [0.25, 0.3) is 0 Å². The SMILES string of the molecule is CC(C)(C)NC(=O)OCCC1CCCNC1. The van der Waals surface area contributed by atoms with Crippen molar-refractivity contribution in [3.63, 3.8) is 0 Å². The van der Waals surface area contributed by atoms with Gasteiger partial charge in [-0.25, -0.2) is 4.79 Å². The van der Waals surface area contributed by atoms with Crippen LogP contribution in [0.4, 0.5) is 4.79 Å². The van der Waals surface area contributed by atoms with Gasteiger partial charge < -0.3 is 15.4 Å². The highest BCUT2D eigenvalue weighted by atomic mass is 16.5. The molecule has 0 saturated carbocycles. The highest BCUT2D eigenvalue weighted by molar-refractivity contribution is 5.67. The molecule has 1 heterocycles. The number of carbonyl (C=O) groups is 1. The fourth-order valence-electron chi connectivity index (χ4n) is 1.83. The molecular formula is C12H24N2O2. The van der Waals surface area contributed by atoms with Crippen LogP contribution < -0.4 is 10.6 Å². The van der Waals surface area contributed by atoms with E-state index in [1.54, 1.807) is 0 Å². The molecule has 1 rings (SSSR count). The third kappa shape index (κ3) is 5.95. The summed E-state index contributed by atoms with van der Waals surface area (Å²) in [6, 6.07) is 0. The van der Waals surface area contributed by atoms with Crippen molar-refractivity contribution in [1.29, 1.82) is 0 Å². The van der Waals surface area contributed by atoms with Gasteiger partial charge >= 0.3 is 6.09 Å². The molecular weight excluding hydrogens is 204 g/mol. The molecule has 2 N–H and O–H groups in total. The van der Waals surface area contributed by atoms with Crippen LogP contribution in [-0.4, -0.2) is 31.3 Å². The third-order valence-electron chi connectivity index (χ3n) is 2.64. The first-order chi connectivity index (χ1) is 7.47. The number of piperidine rings is 1. The van der Waals surface area contributed by atoms with Crippen LogP contribution in [0.3, 0.4) is 0 Å². The van der Waals surface area contributed by atoms with Crippen LogP contribution in [0.1, 0.15) is 40.0 Å². The molecule has 0 aromatic rings. The standard InChI is InChI=1S/C12H24N2O2/c1-12(2,3)14-11(15)16-8-6-10-5-4-7-13-9-10/h10,13H,4-9H2,1-3H3,(H,14,15). The van der Waals surface area contributed by atoms with Gasteiger partial charge in [-0.1, -0.05) is 0 Å².